The second-order valence-corrected chi connectivity index (χ2v) is 34.6. The number of halogens is 6. The Labute approximate surface area is 709 Å². The number of nitrogens with zero attached hydrogens (tertiary/aromatic N) is 6. The number of alkyl halides is 6. The van der Waals surface area contributed by atoms with Crippen molar-refractivity contribution in [2.24, 2.45) is 16.1 Å². The van der Waals surface area contributed by atoms with Crippen LogP contribution in [0.5, 0.6) is 0 Å². The number of ether oxygens (including phenoxy) is 15. The highest BCUT2D eigenvalue weighted by Crippen LogP contribution is 2.37. The maximum atomic E-state index is 13.7. The zero-order valence-corrected chi connectivity index (χ0v) is 69.5. The average molecular weight is 1790 g/mol. The quantitative estimate of drug-likeness (QED) is 0.00312. The van der Waals surface area contributed by atoms with E-state index < -0.39 is 150 Å². The summed E-state index contributed by atoms with van der Waals surface area (Å²) in [5, 5.41) is 23.1. The number of rotatable bonds is 37. The van der Waals surface area contributed by atoms with Gasteiger partial charge in [0.2, 0.25) is 20.5 Å². The Balaban J connectivity index is 0.000000300. The molecule has 2 N–H and O–H groups in total. The lowest BCUT2D eigenvalue weighted by atomic mass is 9.91. The van der Waals surface area contributed by atoms with Crippen LogP contribution in [0.3, 0.4) is 0 Å². The Bertz CT molecular complexity index is 4580. The van der Waals surface area contributed by atoms with Crippen molar-refractivity contribution in [1.29, 1.82) is 5.41 Å². The summed E-state index contributed by atoms with van der Waals surface area (Å²) in [6.07, 6.45) is -12.3. The minimum atomic E-state index is -5.39. The predicted molar refractivity (Wildman–Crippen MR) is 431 cm³/mol. The molecule has 2 saturated heterocycles. The van der Waals surface area contributed by atoms with Gasteiger partial charge in [-0.05, 0) is 116 Å². The molecule has 0 saturated carbocycles. The fourth-order valence-electron chi connectivity index (χ4n) is 10.4. The summed E-state index contributed by atoms with van der Waals surface area (Å²) < 4.78 is 143. The van der Waals surface area contributed by atoms with Crippen LogP contribution in [-0.2, 0) is 85.0 Å². The van der Waals surface area contributed by atoms with Gasteiger partial charge in [-0.1, -0.05) is 179 Å². The molecule has 0 aliphatic carbocycles. The molecule has 10 atom stereocenters. The van der Waals surface area contributed by atoms with Gasteiger partial charge >= 0.3 is 57.4 Å². The second-order valence-electron chi connectivity index (χ2n) is 26.0. The number of carbonyl (C=O) groups is 7. The van der Waals surface area contributed by atoms with Crippen molar-refractivity contribution in [3.63, 3.8) is 0 Å². The Hall–Kier alpha value is -10.6. The van der Waals surface area contributed by atoms with Crippen molar-refractivity contribution in [2.45, 2.75) is 91.2 Å². The fourth-order valence-corrected chi connectivity index (χ4v) is 13.6. The van der Waals surface area contributed by atoms with Crippen molar-refractivity contribution < 1.29 is 135 Å². The van der Waals surface area contributed by atoms with Gasteiger partial charge in [-0.25, -0.2) is 33.6 Å². The van der Waals surface area contributed by atoms with Crippen LogP contribution in [0.1, 0.15) is 79.4 Å². The van der Waals surface area contributed by atoms with E-state index in [-0.39, 0.29) is 85.1 Å². The number of benzene rings is 7. The van der Waals surface area contributed by atoms with Gasteiger partial charge in [0.15, 0.2) is 36.8 Å². The molecule has 7 aromatic carbocycles. The van der Waals surface area contributed by atoms with Gasteiger partial charge in [0.1, 0.15) is 25.4 Å². The van der Waals surface area contributed by atoms with Gasteiger partial charge < -0.3 is 80.0 Å². The van der Waals surface area contributed by atoms with E-state index in [0.29, 0.717) is 33.0 Å². The molecule has 2 fully saturated rings. The number of azide groups is 2. The summed E-state index contributed by atoms with van der Waals surface area (Å²) in [6, 6.07) is 57.0. The molecule has 121 heavy (non-hydrogen) atoms. The van der Waals surface area contributed by atoms with Crippen molar-refractivity contribution in [3.05, 3.63) is 272 Å². The molecule has 9 rings (SSSR count). The Kier molecular flexibility index (Phi) is 42.5. The highest BCUT2D eigenvalue weighted by Gasteiger charge is 2.55. The summed E-state index contributed by atoms with van der Waals surface area (Å²) in [7, 11) is -8.10. The summed E-state index contributed by atoms with van der Waals surface area (Å²) in [4.78, 5) is 98.3. The van der Waals surface area contributed by atoms with Crippen LogP contribution in [0.25, 0.3) is 20.9 Å². The van der Waals surface area contributed by atoms with Gasteiger partial charge in [-0.3, -0.25) is 5.41 Å². The van der Waals surface area contributed by atoms with Gasteiger partial charge in [-0.15, -0.1) is 0 Å². The molecule has 41 heteroatoms. The molecular weight excluding hydrogens is 1700 g/mol. The Morgan fingerprint density at radius 2 is 0.727 bits per heavy atom. The molecule has 2 aliphatic heterocycles. The Morgan fingerprint density at radius 3 is 1.04 bits per heavy atom. The lowest BCUT2D eigenvalue weighted by Crippen LogP contribution is -2.63. The molecule has 0 amide bonds. The molecule has 2 heterocycles. The van der Waals surface area contributed by atoms with E-state index in [1.54, 1.807) is 183 Å². The molecule has 33 nitrogen and oxygen atoms in total. The molecular formula is C80H87Cl3F3N7O26SSi. The first-order valence-corrected chi connectivity index (χ1v) is 42.8. The molecule has 0 aromatic heterocycles. The number of carbonyl (C=O) groups excluding carboxylic acids is 7. The number of aliphatic hydroxyl groups is 1. The summed E-state index contributed by atoms with van der Waals surface area (Å²) in [5.74, 6) is -6.86. The van der Waals surface area contributed by atoms with E-state index >= 15 is 0 Å². The van der Waals surface area contributed by atoms with E-state index in [4.69, 9.17) is 127 Å². The van der Waals surface area contributed by atoms with E-state index in [1.165, 1.54) is 56.0 Å². The van der Waals surface area contributed by atoms with Crippen LogP contribution in [0.2, 0.25) is 19.6 Å². The maximum absolute atomic E-state index is 13.7. The first-order chi connectivity index (χ1) is 57.9. The highest BCUT2D eigenvalue weighted by molar-refractivity contribution is 7.88. The van der Waals surface area contributed by atoms with Crippen molar-refractivity contribution in [3.8, 4) is 0 Å². The predicted octanol–water partition coefficient (Wildman–Crippen LogP) is 13.6. The molecule has 4 unspecified atom stereocenters. The molecule has 650 valence electrons. The van der Waals surface area contributed by atoms with Gasteiger partial charge in [0.25, 0.3) is 3.79 Å². The van der Waals surface area contributed by atoms with Crippen LogP contribution in [0.15, 0.2) is 223 Å². The number of aliphatic hydroxyl groups excluding tert-OH is 1. The molecule has 7 aromatic rings. The molecule has 0 bridgehead atoms. The summed E-state index contributed by atoms with van der Waals surface area (Å²) in [5.41, 5.74) is 12.5. The van der Waals surface area contributed by atoms with Crippen LogP contribution in [-0.4, -0.2) is 227 Å². The zero-order valence-electron chi connectivity index (χ0n) is 65.4. The first-order valence-electron chi connectivity index (χ1n) is 36.8. The summed E-state index contributed by atoms with van der Waals surface area (Å²) in [6.45, 7) is 7.52. The third-order valence-corrected chi connectivity index (χ3v) is 20.0. The lowest BCUT2D eigenvalue weighted by Gasteiger charge is -2.44. The average Bonchev–Trinajstić information content (AvgIpc) is 0.797. The van der Waals surface area contributed by atoms with E-state index in [9.17, 15) is 55.2 Å². The van der Waals surface area contributed by atoms with E-state index in [0.717, 1.165) is 0 Å². The maximum Gasteiger partial charge on any atom is 0.522 e. The summed E-state index contributed by atoms with van der Waals surface area (Å²) >= 11 is 17.5. The molecule has 2 aliphatic rings. The van der Waals surface area contributed by atoms with Crippen LogP contribution >= 0.6 is 34.8 Å². The monoisotopic (exact) mass is 1780 g/mol. The van der Waals surface area contributed by atoms with Crippen molar-refractivity contribution in [2.75, 3.05) is 92.4 Å². The fraction of sp³-hybridized carbons (Fsp3) is 0.375. The topological polar surface area (TPSA) is 443 Å². The van der Waals surface area contributed by atoms with Crippen molar-refractivity contribution >= 4 is 101 Å². The van der Waals surface area contributed by atoms with Crippen molar-refractivity contribution in [1.82, 2.24) is 0 Å². The largest absolute Gasteiger partial charge is 0.522 e. The number of hydrogen-bond donors (Lipinski definition) is 2. The van der Waals surface area contributed by atoms with Crippen LogP contribution < -0.4 is 0 Å². The minimum absolute atomic E-state index is 0.0265. The van der Waals surface area contributed by atoms with E-state index in [1.807, 2.05) is 0 Å². The molecule has 0 spiro atoms. The Morgan fingerprint density at radius 1 is 0.438 bits per heavy atom. The lowest BCUT2D eigenvalue weighted by molar-refractivity contribution is -0.299. The number of esters is 7. The number of nitrogens with one attached hydrogen (secondary N) is 1. The third-order valence-electron chi connectivity index (χ3n) is 16.0. The van der Waals surface area contributed by atoms with Crippen LogP contribution in [0, 0.1) is 11.3 Å². The van der Waals surface area contributed by atoms with Gasteiger partial charge in [-0.2, -0.15) is 21.6 Å². The van der Waals surface area contributed by atoms with E-state index in [2.05, 4.69) is 23.9 Å². The highest BCUT2D eigenvalue weighted by atomic mass is 35.6. The second kappa shape index (κ2) is 51.9. The zero-order chi connectivity index (χ0) is 88.2. The third kappa shape index (κ3) is 35.2. The SMILES string of the molecule is CC1[C@@H](OC(=N)C(Cl)(Cl)Cl)OC(COC(=O)c2ccccc2)[C@@H](OC(=O)c2ccccc2)[C@@H]1OC(=O)c1ccccc1.C[Si](C)(C)OS(=O)(=O)C(F)(F)F.[N-]=[N+]=NCCOCCOCCO.[N-]=[N+]=NCCOCCOCCO[C@H]1OC(COC(=O)c2ccccc2)[C@@H](OC(=O)c2ccccc2)[C@H](OC(=O)c2ccccc2)C1OC(=O)c1ccccc1. The standard InChI is InChI=1S/C40H39N3O12.C30H26Cl3NO8.C6H13N3O3.C4H9F3O3SSi/c41-43-42-21-22-48-23-24-49-25-26-50-40-35(55-39(47)31-19-11-4-12-20-31)34(54-38(46)30-17-9-3-10-18-30)33(53-37(45)29-15-7-2-8-16-29)32(52-40)27-51-36(44)28-13-5-1-6-14-28;1-18-23(40-26(36)20-13-7-3-8-14-20)24(41-27(37)21-15-9-4-10-16-21)22(39-28(18)42-29(34)30(31,32)33)17-38-25(35)19-11-5-2-6-12-19;7-9-8-1-3-11-5-6-12-4-2-10;1-12(2,3)10-11(8,9)4(5,6)7/h1-20,32-35,40H,21-27H2;2-16,18,22-24,28,34H,17H2,1H3;10H,1-6H2;1-3H3/t32?,33-,34+,35?,40+;18?,22?,23-,24-,28-;;/m11../s1. The van der Waals surface area contributed by atoms with Crippen LogP contribution in [0.4, 0.5) is 13.2 Å². The molecule has 0 radical (unpaired) electrons. The normalized spacial score (nSPS) is 18.6. The first kappa shape index (κ1) is 99.2. The van der Waals surface area contributed by atoms with Gasteiger partial charge in [0.05, 0.1) is 111 Å². The number of hydrogen-bond acceptors (Lipinski definition) is 29. The smallest absolute Gasteiger partial charge is 0.459 e. The minimum Gasteiger partial charge on any atom is -0.459 e. The van der Waals surface area contributed by atoms with Gasteiger partial charge in [0, 0.05) is 22.9 Å².